The van der Waals surface area contributed by atoms with E-state index in [0.717, 1.165) is 16.7 Å². The molecular formula is C11H19N3S. The number of nitrogens with zero attached hydrogens (tertiary/aromatic N) is 2. The predicted octanol–water partition coefficient (Wildman–Crippen LogP) is 2.96. The van der Waals surface area contributed by atoms with E-state index in [-0.39, 0.29) is 0 Å². The van der Waals surface area contributed by atoms with E-state index in [1.54, 1.807) is 11.8 Å². The Balaban J connectivity index is 2.80. The Morgan fingerprint density at radius 3 is 2.47 bits per heavy atom. The van der Waals surface area contributed by atoms with Gasteiger partial charge >= 0.3 is 0 Å². The lowest BCUT2D eigenvalue weighted by Gasteiger charge is -2.14. The third kappa shape index (κ3) is 3.70. The van der Waals surface area contributed by atoms with Gasteiger partial charge < -0.3 is 5.32 Å². The molecule has 0 radical (unpaired) electrons. The highest BCUT2D eigenvalue weighted by Gasteiger charge is 2.10. The minimum absolute atomic E-state index is 0.573. The molecule has 84 valence electrons. The maximum atomic E-state index is 4.42. The van der Waals surface area contributed by atoms with Crippen molar-refractivity contribution in [1.82, 2.24) is 9.97 Å². The lowest BCUT2D eigenvalue weighted by Crippen LogP contribution is -2.06. The monoisotopic (exact) mass is 225 g/mol. The summed E-state index contributed by atoms with van der Waals surface area (Å²) in [6.07, 6.45) is 0. The van der Waals surface area contributed by atoms with E-state index in [1.807, 2.05) is 20.0 Å². The van der Waals surface area contributed by atoms with Crippen LogP contribution >= 0.6 is 11.8 Å². The Hall–Kier alpha value is -0.770. The SMILES string of the molecule is CNc1cc(SC(C)C(C)C)nc(C)n1. The zero-order chi connectivity index (χ0) is 11.4. The predicted molar refractivity (Wildman–Crippen MR) is 66.5 cm³/mol. The van der Waals surface area contributed by atoms with Crippen molar-refractivity contribution in [1.29, 1.82) is 0 Å². The van der Waals surface area contributed by atoms with Gasteiger partial charge in [-0.3, -0.25) is 0 Å². The second-order valence-electron chi connectivity index (χ2n) is 3.96. The molecule has 1 unspecified atom stereocenters. The van der Waals surface area contributed by atoms with Gasteiger partial charge in [0.05, 0.1) is 0 Å². The first-order chi connectivity index (χ1) is 7.02. The van der Waals surface area contributed by atoms with Crippen molar-refractivity contribution in [2.45, 2.75) is 38.0 Å². The number of anilines is 1. The molecule has 0 saturated carbocycles. The molecular weight excluding hydrogens is 206 g/mol. The van der Waals surface area contributed by atoms with Gasteiger partial charge in [0.1, 0.15) is 16.7 Å². The van der Waals surface area contributed by atoms with Crippen molar-refractivity contribution in [2.75, 3.05) is 12.4 Å². The van der Waals surface area contributed by atoms with Crippen LogP contribution in [0.25, 0.3) is 0 Å². The molecule has 0 fully saturated rings. The van der Waals surface area contributed by atoms with E-state index in [0.29, 0.717) is 11.2 Å². The number of hydrogen-bond donors (Lipinski definition) is 1. The van der Waals surface area contributed by atoms with Crippen LogP contribution in [0, 0.1) is 12.8 Å². The first kappa shape index (κ1) is 12.3. The second kappa shape index (κ2) is 5.35. The molecule has 0 aliphatic rings. The minimum Gasteiger partial charge on any atom is -0.373 e. The van der Waals surface area contributed by atoms with E-state index >= 15 is 0 Å². The molecule has 0 aliphatic carbocycles. The number of aryl methyl sites for hydroxylation is 1. The first-order valence-electron chi connectivity index (χ1n) is 5.23. The molecule has 4 heteroatoms. The summed E-state index contributed by atoms with van der Waals surface area (Å²) in [4.78, 5) is 8.68. The Bertz CT molecular complexity index is 326. The average Bonchev–Trinajstić information content (AvgIpc) is 2.16. The third-order valence-corrected chi connectivity index (χ3v) is 3.68. The van der Waals surface area contributed by atoms with Crippen LogP contribution in [0.3, 0.4) is 0 Å². The van der Waals surface area contributed by atoms with Gasteiger partial charge in [0, 0.05) is 18.4 Å². The van der Waals surface area contributed by atoms with E-state index in [9.17, 15) is 0 Å². The average molecular weight is 225 g/mol. The van der Waals surface area contributed by atoms with Gasteiger partial charge in [0.15, 0.2) is 0 Å². The van der Waals surface area contributed by atoms with Crippen LogP contribution in [0.1, 0.15) is 26.6 Å². The minimum atomic E-state index is 0.573. The second-order valence-corrected chi connectivity index (χ2v) is 5.35. The van der Waals surface area contributed by atoms with Crippen molar-refractivity contribution in [3.05, 3.63) is 11.9 Å². The van der Waals surface area contributed by atoms with Gasteiger partial charge in [-0.25, -0.2) is 9.97 Å². The number of hydrogen-bond acceptors (Lipinski definition) is 4. The molecule has 1 rings (SSSR count). The maximum Gasteiger partial charge on any atom is 0.130 e. The van der Waals surface area contributed by atoms with Gasteiger partial charge in [-0.15, -0.1) is 11.8 Å². The molecule has 1 heterocycles. The van der Waals surface area contributed by atoms with Crippen molar-refractivity contribution in [3.63, 3.8) is 0 Å². The van der Waals surface area contributed by atoms with Crippen molar-refractivity contribution >= 4 is 17.6 Å². The molecule has 0 amide bonds. The first-order valence-corrected chi connectivity index (χ1v) is 6.11. The van der Waals surface area contributed by atoms with Crippen molar-refractivity contribution in [2.24, 2.45) is 5.92 Å². The standard InChI is InChI=1S/C11H19N3S/c1-7(2)8(3)15-11-6-10(12-5)13-9(4)14-11/h6-8H,1-5H3,(H,12,13,14). The Kier molecular flexibility index (Phi) is 4.39. The zero-order valence-electron chi connectivity index (χ0n) is 10.0. The molecule has 0 aliphatic heterocycles. The van der Waals surface area contributed by atoms with Gasteiger partial charge in [-0.05, 0) is 12.8 Å². The van der Waals surface area contributed by atoms with Crippen LogP contribution < -0.4 is 5.32 Å². The largest absolute Gasteiger partial charge is 0.373 e. The fraction of sp³-hybridized carbons (Fsp3) is 0.636. The normalized spacial score (nSPS) is 12.9. The quantitative estimate of drug-likeness (QED) is 0.631. The highest BCUT2D eigenvalue weighted by molar-refractivity contribution is 7.99. The molecule has 1 atom stereocenters. The number of aromatic nitrogens is 2. The highest BCUT2D eigenvalue weighted by Crippen LogP contribution is 2.27. The molecule has 3 nitrogen and oxygen atoms in total. The van der Waals surface area contributed by atoms with Crippen LogP contribution in [-0.4, -0.2) is 22.3 Å². The molecule has 0 bridgehead atoms. The zero-order valence-corrected chi connectivity index (χ0v) is 10.9. The smallest absolute Gasteiger partial charge is 0.130 e. The summed E-state index contributed by atoms with van der Waals surface area (Å²) in [5, 5.41) is 4.67. The third-order valence-electron chi connectivity index (χ3n) is 2.32. The summed E-state index contributed by atoms with van der Waals surface area (Å²) in [7, 11) is 1.88. The summed E-state index contributed by atoms with van der Waals surface area (Å²) in [6.45, 7) is 8.60. The maximum absolute atomic E-state index is 4.42. The summed E-state index contributed by atoms with van der Waals surface area (Å²) in [5.41, 5.74) is 0. The van der Waals surface area contributed by atoms with Gasteiger partial charge in [0.25, 0.3) is 0 Å². The van der Waals surface area contributed by atoms with Crippen LogP contribution in [-0.2, 0) is 0 Å². The fourth-order valence-electron chi connectivity index (χ4n) is 1.06. The molecule has 0 spiro atoms. The summed E-state index contributed by atoms with van der Waals surface area (Å²) >= 11 is 1.80. The molecule has 0 saturated heterocycles. The topological polar surface area (TPSA) is 37.8 Å². The van der Waals surface area contributed by atoms with Crippen molar-refractivity contribution < 1.29 is 0 Å². The molecule has 1 N–H and O–H groups in total. The van der Waals surface area contributed by atoms with Crippen LogP contribution in [0.5, 0.6) is 0 Å². The van der Waals surface area contributed by atoms with Crippen LogP contribution in [0.15, 0.2) is 11.1 Å². The lowest BCUT2D eigenvalue weighted by molar-refractivity contribution is 0.641. The molecule has 1 aromatic heterocycles. The molecule has 1 aromatic rings. The Morgan fingerprint density at radius 2 is 1.93 bits per heavy atom. The summed E-state index contributed by atoms with van der Waals surface area (Å²) < 4.78 is 0. The molecule has 0 aromatic carbocycles. The van der Waals surface area contributed by atoms with Crippen molar-refractivity contribution in [3.8, 4) is 0 Å². The number of nitrogens with one attached hydrogen (secondary N) is 1. The Morgan fingerprint density at radius 1 is 1.27 bits per heavy atom. The van der Waals surface area contributed by atoms with Gasteiger partial charge in [-0.2, -0.15) is 0 Å². The van der Waals surface area contributed by atoms with Crippen LogP contribution in [0.4, 0.5) is 5.82 Å². The van der Waals surface area contributed by atoms with E-state index < -0.39 is 0 Å². The van der Waals surface area contributed by atoms with Gasteiger partial charge in [0.2, 0.25) is 0 Å². The fourth-order valence-corrected chi connectivity index (χ4v) is 2.07. The lowest BCUT2D eigenvalue weighted by atomic mass is 10.2. The summed E-state index contributed by atoms with van der Waals surface area (Å²) in [5.74, 6) is 2.37. The van der Waals surface area contributed by atoms with E-state index in [2.05, 4.69) is 36.1 Å². The Labute approximate surface area is 96.1 Å². The highest BCUT2D eigenvalue weighted by atomic mass is 32.2. The van der Waals surface area contributed by atoms with Crippen LogP contribution in [0.2, 0.25) is 0 Å². The van der Waals surface area contributed by atoms with E-state index in [1.165, 1.54) is 0 Å². The van der Waals surface area contributed by atoms with E-state index in [4.69, 9.17) is 0 Å². The number of thioether (sulfide) groups is 1. The molecule has 15 heavy (non-hydrogen) atoms. The number of rotatable bonds is 4. The van der Waals surface area contributed by atoms with Gasteiger partial charge in [-0.1, -0.05) is 20.8 Å². The summed E-state index contributed by atoms with van der Waals surface area (Å²) in [6, 6.07) is 2.00.